The van der Waals surface area contributed by atoms with Crippen LogP contribution in [0.5, 0.6) is 0 Å². The molecule has 1 unspecified atom stereocenters. The Kier molecular flexibility index (Phi) is 5.67. The zero-order valence-corrected chi connectivity index (χ0v) is 12.5. The maximum atomic E-state index is 13.6. The summed E-state index contributed by atoms with van der Waals surface area (Å²) in [5.74, 6) is -0.0220. The molecule has 1 N–H and O–H groups in total. The lowest BCUT2D eigenvalue weighted by Gasteiger charge is -2.24. The summed E-state index contributed by atoms with van der Waals surface area (Å²) in [6.45, 7) is 3.04. The molecule has 1 fully saturated rings. The normalized spacial score (nSPS) is 17.0. The molecule has 116 valence electrons. The number of nitrogens with zero attached hydrogens (tertiary/aromatic N) is 1. The van der Waals surface area contributed by atoms with Gasteiger partial charge >= 0.3 is 5.69 Å². The van der Waals surface area contributed by atoms with E-state index in [2.05, 4.69) is 12.2 Å². The van der Waals surface area contributed by atoms with Gasteiger partial charge in [-0.2, -0.15) is 4.39 Å². The molecule has 0 aromatic heterocycles. The van der Waals surface area contributed by atoms with Gasteiger partial charge in [-0.1, -0.05) is 25.8 Å². The van der Waals surface area contributed by atoms with Crippen molar-refractivity contribution in [2.45, 2.75) is 51.5 Å². The third-order valence-electron chi connectivity index (χ3n) is 4.39. The summed E-state index contributed by atoms with van der Waals surface area (Å²) in [6, 6.07) is 4.70. The molecule has 0 spiro atoms. The van der Waals surface area contributed by atoms with Crippen LogP contribution in [-0.2, 0) is 6.42 Å². The minimum atomic E-state index is -0.738. The molecule has 0 radical (unpaired) electrons. The van der Waals surface area contributed by atoms with Crippen molar-refractivity contribution >= 4 is 5.69 Å². The number of hydrogen-bond donors (Lipinski definition) is 1. The summed E-state index contributed by atoms with van der Waals surface area (Å²) >= 11 is 0. The highest BCUT2D eigenvalue weighted by Gasteiger charge is 2.24. The fourth-order valence-corrected chi connectivity index (χ4v) is 3.30. The quantitative estimate of drug-likeness (QED) is 0.614. The van der Waals surface area contributed by atoms with E-state index in [0.29, 0.717) is 12.0 Å². The zero-order chi connectivity index (χ0) is 15.2. The molecule has 1 saturated carbocycles. The van der Waals surface area contributed by atoms with E-state index >= 15 is 0 Å². The predicted octanol–water partition coefficient (Wildman–Crippen LogP) is 3.83. The van der Waals surface area contributed by atoms with E-state index in [0.717, 1.165) is 24.9 Å². The molecule has 1 aliphatic rings. The minimum absolute atomic E-state index is 0.447. The van der Waals surface area contributed by atoms with Crippen molar-refractivity contribution in [2.75, 3.05) is 6.54 Å². The molecule has 1 aromatic carbocycles. The molecule has 1 aromatic rings. The first-order valence-electron chi connectivity index (χ1n) is 7.78. The number of aryl methyl sites for hydroxylation is 1. The molecule has 0 saturated heterocycles. The molecule has 1 atom stereocenters. The molecule has 0 bridgehead atoms. The van der Waals surface area contributed by atoms with E-state index in [1.807, 2.05) is 0 Å². The van der Waals surface area contributed by atoms with Gasteiger partial charge in [0.25, 0.3) is 0 Å². The number of halogens is 1. The summed E-state index contributed by atoms with van der Waals surface area (Å²) in [4.78, 5) is 9.93. The first-order chi connectivity index (χ1) is 10.1. The van der Waals surface area contributed by atoms with Gasteiger partial charge in [-0.25, -0.2) is 0 Å². The molecule has 0 amide bonds. The maximum Gasteiger partial charge on any atom is 0.304 e. The van der Waals surface area contributed by atoms with Gasteiger partial charge in [-0.05, 0) is 49.8 Å². The van der Waals surface area contributed by atoms with Crippen LogP contribution in [0.4, 0.5) is 10.1 Å². The van der Waals surface area contributed by atoms with Gasteiger partial charge in [-0.15, -0.1) is 0 Å². The van der Waals surface area contributed by atoms with Gasteiger partial charge in [0.2, 0.25) is 5.82 Å². The van der Waals surface area contributed by atoms with E-state index in [1.165, 1.54) is 37.8 Å². The number of rotatable bonds is 7. The number of nitro benzene ring substituents is 1. The number of hydrogen-bond acceptors (Lipinski definition) is 3. The molecule has 21 heavy (non-hydrogen) atoms. The van der Waals surface area contributed by atoms with Crippen LogP contribution < -0.4 is 5.32 Å². The van der Waals surface area contributed by atoms with Gasteiger partial charge in [0, 0.05) is 12.1 Å². The fraction of sp³-hybridized carbons (Fsp3) is 0.625. The van der Waals surface area contributed by atoms with Crippen molar-refractivity contribution in [1.29, 1.82) is 0 Å². The third kappa shape index (κ3) is 4.24. The first kappa shape index (κ1) is 15.9. The second-order valence-electron chi connectivity index (χ2n) is 5.79. The van der Waals surface area contributed by atoms with Crippen LogP contribution in [0, 0.1) is 21.8 Å². The molecular weight excluding hydrogens is 271 g/mol. The zero-order valence-electron chi connectivity index (χ0n) is 12.5. The molecule has 5 heteroatoms. The van der Waals surface area contributed by atoms with Gasteiger partial charge in [0.05, 0.1) is 4.92 Å². The lowest BCUT2D eigenvalue weighted by atomic mass is 9.92. The average molecular weight is 294 g/mol. The van der Waals surface area contributed by atoms with Gasteiger partial charge in [0.15, 0.2) is 0 Å². The summed E-state index contributed by atoms with van der Waals surface area (Å²) in [6.07, 6.45) is 6.86. The van der Waals surface area contributed by atoms with Crippen LogP contribution >= 0.6 is 0 Å². The summed E-state index contributed by atoms with van der Waals surface area (Å²) < 4.78 is 13.6. The van der Waals surface area contributed by atoms with Crippen LogP contribution in [0.15, 0.2) is 18.2 Å². The molecule has 2 rings (SSSR count). The Balaban J connectivity index is 1.96. The second kappa shape index (κ2) is 7.50. The van der Waals surface area contributed by atoms with Gasteiger partial charge in [0.1, 0.15) is 0 Å². The van der Waals surface area contributed by atoms with Crippen molar-refractivity contribution in [3.05, 3.63) is 39.7 Å². The number of nitro groups is 1. The Morgan fingerprint density at radius 2 is 2.14 bits per heavy atom. The van der Waals surface area contributed by atoms with Crippen LogP contribution in [0.1, 0.15) is 44.6 Å². The maximum absolute atomic E-state index is 13.6. The molecule has 0 heterocycles. The van der Waals surface area contributed by atoms with Crippen molar-refractivity contribution in [3.8, 4) is 0 Å². The highest BCUT2D eigenvalue weighted by molar-refractivity contribution is 5.35. The highest BCUT2D eigenvalue weighted by Crippen LogP contribution is 2.30. The van der Waals surface area contributed by atoms with Crippen LogP contribution in [0.2, 0.25) is 0 Å². The fourth-order valence-electron chi connectivity index (χ4n) is 3.30. The van der Waals surface area contributed by atoms with Gasteiger partial charge < -0.3 is 5.32 Å². The third-order valence-corrected chi connectivity index (χ3v) is 4.39. The van der Waals surface area contributed by atoms with Crippen LogP contribution in [0.25, 0.3) is 0 Å². The average Bonchev–Trinajstić information content (AvgIpc) is 2.97. The monoisotopic (exact) mass is 294 g/mol. The topological polar surface area (TPSA) is 55.2 Å². The van der Waals surface area contributed by atoms with Gasteiger partial charge in [-0.3, -0.25) is 10.1 Å². The van der Waals surface area contributed by atoms with E-state index in [9.17, 15) is 14.5 Å². The van der Waals surface area contributed by atoms with Crippen LogP contribution in [-0.4, -0.2) is 17.5 Å². The predicted molar refractivity (Wildman–Crippen MR) is 80.8 cm³/mol. The van der Waals surface area contributed by atoms with Crippen molar-refractivity contribution < 1.29 is 9.31 Å². The summed E-state index contributed by atoms with van der Waals surface area (Å²) in [5.41, 5.74) is 0.386. The summed E-state index contributed by atoms with van der Waals surface area (Å²) in [7, 11) is 0. The second-order valence-corrected chi connectivity index (χ2v) is 5.79. The van der Waals surface area contributed by atoms with E-state index < -0.39 is 16.4 Å². The van der Waals surface area contributed by atoms with Crippen LogP contribution in [0.3, 0.4) is 0 Å². The SMILES string of the molecule is CCNC(CCc1ccc([N+](=O)[O-])c(F)c1)C1CCCC1. The van der Waals surface area contributed by atoms with E-state index in [-0.39, 0.29) is 0 Å². The minimum Gasteiger partial charge on any atom is -0.314 e. The Bertz CT molecular complexity index is 487. The van der Waals surface area contributed by atoms with E-state index in [1.54, 1.807) is 6.07 Å². The lowest BCUT2D eigenvalue weighted by molar-refractivity contribution is -0.387. The van der Waals surface area contributed by atoms with Crippen molar-refractivity contribution in [1.82, 2.24) is 5.32 Å². The lowest BCUT2D eigenvalue weighted by Crippen LogP contribution is -2.35. The Labute approximate surface area is 124 Å². The molecule has 4 nitrogen and oxygen atoms in total. The Morgan fingerprint density at radius 3 is 2.71 bits per heavy atom. The number of nitrogens with one attached hydrogen (secondary N) is 1. The standard InChI is InChI=1S/C16H23FN2O2/c1-2-18-15(13-5-3-4-6-13)9-7-12-8-10-16(19(20)21)14(17)11-12/h8,10-11,13,15,18H,2-7,9H2,1H3. The molecule has 1 aliphatic carbocycles. The largest absolute Gasteiger partial charge is 0.314 e. The van der Waals surface area contributed by atoms with Crippen molar-refractivity contribution in [2.24, 2.45) is 5.92 Å². The summed E-state index contributed by atoms with van der Waals surface area (Å²) in [5, 5.41) is 14.2. The number of benzene rings is 1. The smallest absolute Gasteiger partial charge is 0.304 e. The van der Waals surface area contributed by atoms with E-state index in [4.69, 9.17) is 0 Å². The Hall–Kier alpha value is -1.49. The Morgan fingerprint density at radius 1 is 1.43 bits per heavy atom. The highest BCUT2D eigenvalue weighted by atomic mass is 19.1. The molecule has 0 aliphatic heterocycles. The molecular formula is C16H23FN2O2. The van der Waals surface area contributed by atoms with Crippen molar-refractivity contribution in [3.63, 3.8) is 0 Å². The first-order valence-corrected chi connectivity index (χ1v) is 7.78.